The molecule has 5 nitrogen and oxygen atoms in total. The van der Waals surface area contributed by atoms with E-state index in [1.807, 2.05) is 0 Å². The molecule has 0 amide bonds. The van der Waals surface area contributed by atoms with Crippen LogP contribution in [0.1, 0.15) is 6.92 Å². The summed E-state index contributed by atoms with van der Waals surface area (Å²) in [5.74, 6) is -0.269. The van der Waals surface area contributed by atoms with Gasteiger partial charge in [0.1, 0.15) is 5.75 Å². The standard InChI is InChI=1S/C8H8O5S.Na/c1-6(9)13-7-2-4-8(5-3-7)14(10,11)12;/h2-5H,1H3,(H,10,11,12);/q;+1. The molecule has 0 heterocycles. The van der Waals surface area contributed by atoms with E-state index >= 15 is 0 Å². The topological polar surface area (TPSA) is 80.7 Å². The number of esters is 1. The summed E-state index contributed by atoms with van der Waals surface area (Å²) in [5, 5.41) is 0. The van der Waals surface area contributed by atoms with Crippen molar-refractivity contribution in [2.75, 3.05) is 0 Å². The minimum atomic E-state index is -4.19. The largest absolute Gasteiger partial charge is 1.00 e. The Labute approximate surface area is 109 Å². The van der Waals surface area contributed by atoms with Gasteiger partial charge in [-0.3, -0.25) is 9.35 Å². The Morgan fingerprint density at radius 1 is 1.27 bits per heavy atom. The zero-order valence-corrected chi connectivity index (χ0v) is 11.1. The molecule has 0 aliphatic rings. The van der Waals surface area contributed by atoms with Crippen molar-refractivity contribution >= 4 is 16.1 Å². The fourth-order valence-corrected chi connectivity index (χ4v) is 1.33. The first-order chi connectivity index (χ1) is 6.39. The van der Waals surface area contributed by atoms with Crippen molar-refractivity contribution in [2.24, 2.45) is 0 Å². The SMILES string of the molecule is CC(=O)Oc1ccc(S(=O)(=O)O)cc1.[Na+]. The third-order valence-electron chi connectivity index (χ3n) is 1.38. The molecule has 0 saturated carbocycles. The van der Waals surface area contributed by atoms with Crippen LogP contribution in [-0.2, 0) is 14.9 Å². The molecule has 1 N–H and O–H groups in total. The van der Waals surface area contributed by atoms with Crippen LogP contribution in [0.15, 0.2) is 29.2 Å². The number of benzene rings is 1. The summed E-state index contributed by atoms with van der Waals surface area (Å²) in [6.07, 6.45) is 0. The van der Waals surface area contributed by atoms with E-state index in [4.69, 9.17) is 4.55 Å². The van der Waals surface area contributed by atoms with Gasteiger partial charge in [-0.25, -0.2) is 0 Å². The maximum Gasteiger partial charge on any atom is 1.00 e. The molecule has 1 aromatic carbocycles. The van der Waals surface area contributed by atoms with E-state index < -0.39 is 16.1 Å². The van der Waals surface area contributed by atoms with Gasteiger partial charge in [0.05, 0.1) is 4.90 Å². The zero-order chi connectivity index (χ0) is 10.8. The van der Waals surface area contributed by atoms with Crippen LogP contribution in [0.3, 0.4) is 0 Å². The molecule has 0 fully saturated rings. The van der Waals surface area contributed by atoms with E-state index in [-0.39, 0.29) is 40.2 Å². The monoisotopic (exact) mass is 239 g/mol. The van der Waals surface area contributed by atoms with E-state index in [2.05, 4.69) is 4.74 Å². The molecule has 1 rings (SSSR count). The molecule has 76 valence electrons. The average Bonchev–Trinajstić information content (AvgIpc) is 2.02. The predicted octanol–water partition coefficient (Wildman–Crippen LogP) is -2.14. The van der Waals surface area contributed by atoms with Gasteiger partial charge in [0.2, 0.25) is 0 Å². The fourth-order valence-electron chi connectivity index (χ4n) is 0.846. The smallest absolute Gasteiger partial charge is 0.427 e. The van der Waals surface area contributed by atoms with E-state index in [0.717, 1.165) is 12.1 Å². The molecule has 15 heavy (non-hydrogen) atoms. The molecule has 7 heteroatoms. The van der Waals surface area contributed by atoms with Gasteiger partial charge in [0.15, 0.2) is 0 Å². The summed E-state index contributed by atoms with van der Waals surface area (Å²) in [6, 6.07) is 4.86. The Morgan fingerprint density at radius 3 is 2.07 bits per heavy atom. The van der Waals surface area contributed by atoms with E-state index in [0.29, 0.717) is 0 Å². The second kappa shape index (κ2) is 5.62. The third kappa shape index (κ3) is 4.76. The van der Waals surface area contributed by atoms with Crippen molar-refractivity contribution in [1.82, 2.24) is 0 Å². The van der Waals surface area contributed by atoms with E-state index in [1.165, 1.54) is 19.1 Å². The second-order valence-corrected chi connectivity index (χ2v) is 3.96. The fraction of sp³-hybridized carbons (Fsp3) is 0.125. The van der Waals surface area contributed by atoms with Gasteiger partial charge in [-0.05, 0) is 24.3 Å². The Morgan fingerprint density at radius 2 is 1.73 bits per heavy atom. The van der Waals surface area contributed by atoms with Crippen LogP contribution in [0.4, 0.5) is 0 Å². The van der Waals surface area contributed by atoms with Crippen molar-refractivity contribution in [3.8, 4) is 5.75 Å². The number of hydrogen-bond donors (Lipinski definition) is 1. The van der Waals surface area contributed by atoms with Gasteiger partial charge < -0.3 is 4.74 Å². The van der Waals surface area contributed by atoms with Crippen molar-refractivity contribution in [3.05, 3.63) is 24.3 Å². The van der Waals surface area contributed by atoms with E-state index in [1.54, 1.807) is 0 Å². The van der Waals surface area contributed by atoms with Crippen molar-refractivity contribution < 1.29 is 52.1 Å². The second-order valence-electron chi connectivity index (χ2n) is 2.54. The zero-order valence-electron chi connectivity index (χ0n) is 8.30. The van der Waals surface area contributed by atoms with E-state index in [9.17, 15) is 13.2 Å². The number of carbonyl (C=O) groups excluding carboxylic acids is 1. The number of carbonyl (C=O) groups is 1. The van der Waals surface area contributed by atoms with Crippen LogP contribution >= 0.6 is 0 Å². The molecule has 0 radical (unpaired) electrons. The summed E-state index contributed by atoms with van der Waals surface area (Å²) in [6.45, 7) is 1.23. The summed E-state index contributed by atoms with van der Waals surface area (Å²) >= 11 is 0. The molecule has 0 aliphatic carbocycles. The van der Waals surface area contributed by atoms with Crippen molar-refractivity contribution in [1.29, 1.82) is 0 Å². The van der Waals surface area contributed by atoms with Crippen molar-refractivity contribution in [3.63, 3.8) is 0 Å². The van der Waals surface area contributed by atoms with Gasteiger partial charge in [-0.2, -0.15) is 8.42 Å². The van der Waals surface area contributed by atoms with Crippen LogP contribution in [0.25, 0.3) is 0 Å². The van der Waals surface area contributed by atoms with Gasteiger partial charge >= 0.3 is 35.5 Å². The molecule has 0 atom stereocenters. The summed E-state index contributed by atoms with van der Waals surface area (Å²) in [5.41, 5.74) is 0. The van der Waals surface area contributed by atoms with Crippen LogP contribution in [0.2, 0.25) is 0 Å². The Balaban J connectivity index is 0.00000196. The quantitative estimate of drug-likeness (QED) is 0.276. The molecule has 0 spiro atoms. The number of hydrogen-bond acceptors (Lipinski definition) is 4. The number of ether oxygens (including phenoxy) is 1. The molecule has 0 aliphatic heterocycles. The molecule has 0 saturated heterocycles. The Kier molecular flexibility index (Phi) is 5.47. The van der Waals surface area contributed by atoms with Crippen LogP contribution < -0.4 is 34.3 Å². The minimum Gasteiger partial charge on any atom is -0.427 e. The summed E-state index contributed by atoms with van der Waals surface area (Å²) in [7, 11) is -4.19. The Hall–Kier alpha value is -0.400. The van der Waals surface area contributed by atoms with Gasteiger partial charge in [0.25, 0.3) is 10.1 Å². The molecule has 0 unspecified atom stereocenters. The normalized spacial score (nSPS) is 10.3. The Bertz CT molecular complexity index is 437. The first-order valence-electron chi connectivity index (χ1n) is 3.65. The predicted molar refractivity (Wildman–Crippen MR) is 47.6 cm³/mol. The number of rotatable bonds is 2. The summed E-state index contributed by atoms with van der Waals surface area (Å²) < 4.78 is 34.5. The first-order valence-corrected chi connectivity index (χ1v) is 5.09. The minimum absolute atomic E-state index is 0. The summed E-state index contributed by atoms with van der Waals surface area (Å²) in [4.78, 5) is 10.3. The van der Waals surface area contributed by atoms with Gasteiger partial charge in [0, 0.05) is 6.92 Å². The molecule has 0 aromatic heterocycles. The maximum atomic E-state index is 10.6. The third-order valence-corrected chi connectivity index (χ3v) is 2.25. The molecule has 0 bridgehead atoms. The molecule has 1 aromatic rings. The van der Waals surface area contributed by atoms with Gasteiger partial charge in [-0.1, -0.05) is 0 Å². The van der Waals surface area contributed by atoms with Gasteiger partial charge in [-0.15, -0.1) is 0 Å². The molecular formula is C8H8NaO5S+. The van der Waals surface area contributed by atoms with Crippen LogP contribution in [0.5, 0.6) is 5.75 Å². The first kappa shape index (κ1) is 14.6. The van der Waals surface area contributed by atoms with Crippen LogP contribution in [-0.4, -0.2) is 18.9 Å². The molecular weight excluding hydrogens is 231 g/mol. The van der Waals surface area contributed by atoms with Crippen LogP contribution in [0, 0.1) is 0 Å². The van der Waals surface area contributed by atoms with Crippen molar-refractivity contribution in [2.45, 2.75) is 11.8 Å². The maximum absolute atomic E-state index is 10.6. The average molecular weight is 239 g/mol.